The van der Waals surface area contributed by atoms with E-state index in [9.17, 15) is 0 Å². The number of aromatic amines is 1. The molecule has 2 heterocycles. The van der Waals surface area contributed by atoms with Gasteiger partial charge in [-0.25, -0.2) is 4.98 Å². The number of hydrogen-bond donors (Lipinski definition) is 3. The number of rotatable bonds is 6. The van der Waals surface area contributed by atoms with E-state index in [1.807, 2.05) is 12.1 Å². The van der Waals surface area contributed by atoms with E-state index in [0.29, 0.717) is 17.5 Å². The summed E-state index contributed by atoms with van der Waals surface area (Å²) in [6, 6.07) is 21.7. The lowest BCUT2D eigenvalue weighted by Gasteiger charge is -2.22. The topological polar surface area (TPSA) is 92.5 Å². The minimum Gasteiger partial charge on any atom is -0.384 e. The van der Waals surface area contributed by atoms with E-state index < -0.39 is 0 Å². The number of aromatic nitrogens is 4. The summed E-state index contributed by atoms with van der Waals surface area (Å²) in [7, 11) is 0. The van der Waals surface area contributed by atoms with Crippen molar-refractivity contribution in [3.63, 3.8) is 0 Å². The molecule has 6 heteroatoms. The maximum atomic E-state index is 6.10. The number of H-pyrrole nitrogens is 1. The normalized spacial score (nSPS) is 18.2. The van der Waals surface area contributed by atoms with E-state index in [1.165, 1.54) is 16.7 Å². The summed E-state index contributed by atoms with van der Waals surface area (Å²) in [6.45, 7) is 5.55. The minimum absolute atomic E-state index is 0.149. The molecule has 4 aromatic rings. The van der Waals surface area contributed by atoms with Gasteiger partial charge in [0.25, 0.3) is 0 Å². The molecular formula is C25H28N6. The molecule has 0 bridgehead atoms. The van der Waals surface area contributed by atoms with E-state index in [1.54, 1.807) is 0 Å². The van der Waals surface area contributed by atoms with E-state index in [0.717, 1.165) is 30.5 Å². The van der Waals surface area contributed by atoms with Crippen LogP contribution in [-0.2, 0) is 5.41 Å². The first-order chi connectivity index (χ1) is 15.0. The molecule has 0 spiro atoms. The minimum atomic E-state index is 0.149. The van der Waals surface area contributed by atoms with Gasteiger partial charge in [0.2, 0.25) is 5.65 Å². The van der Waals surface area contributed by atoms with Gasteiger partial charge in [-0.15, -0.1) is 5.10 Å². The number of fused-ring (bicyclic) bond motifs is 2. The van der Waals surface area contributed by atoms with Crippen molar-refractivity contribution in [3.05, 3.63) is 82.9 Å². The van der Waals surface area contributed by atoms with Gasteiger partial charge in [0.15, 0.2) is 0 Å². The van der Waals surface area contributed by atoms with E-state index in [-0.39, 0.29) is 11.3 Å². The van der Waals surface area contributed by atoms with Gasteiger partial charge in [0.05, 0.1) is 0 Å². The molecule has 0 radical (unpaired) electrons. The van der Waals surface area contributed by atoms with Crippen molar-refractivity contribution in [1.82, 2.24) is 25.7 Å². The second-order valence-corrected chi connectivity index (χ2v) is 9.07. The van der Waals surface area contributed by atoms with Gasteiger partial charge in [0.1, 0.15) is 11.3 Å². The Hall–Kier alpha value is -3.25. The molecule has 4 N–H and O–H groups in total. The van der Waals surface area contributed by atoms with Crippen LogP contribution < -0.4 is 11.1 Å². The van der Waals surface area contributed by atoms with Crippen LogP contribution >= 0.6 is 0 Å². The Kier molecular flexibility index (Phi) is 4.94. The SMILES string of the molecule is CC1(C)C[C@@H](NCCC(c2ccccc2)c2cc(N)nc3n[nH]nc23)c2ccccc21. The number of benzene rings is 2. The van der Waals surface area contributed by atoms with Crippen LogP contribution in [0.5, 0.6) is 0 Å². The van der Waals surface area contributed by atoms with Crippen molar-refractivity contribution in [2.75, 3.05) is 12.3 Å². The molecule has 2 aromatic heterocycles. The van der Waals surface area contributed by atoms with Crippen molar-refractivity contribution in [2.45, 2.75) is 44.1 Å². The second-order valence-electron chi connectivity index (χ2n) is 9.07. The molecule has 158 valence electrons. The molecule has 0 amide bonds. The monoisotopic (exact) mass is 412 g/mol. The fraction of sp³-hybridized carbons (Fsp3) is 0.320. The lowest BCUT2D eigenvalue weighted by Crippen LogP contribution is -2.24. The molecule has 1 aliphatic carbocycles. The largest absolute Gasteiger partial charge is 0.384 e. The molecule has 0 fully saturated rings. The third-order valence-corrected chi connectivity index (χ3v) is 6.52. The average molecular weight is 413 g/mol. The summed E-state index contributed by atoms with van der Waals surface area (Å²) < 4.78 is 0. The van der Waals surface area contributed by atoms with Crippen LogP contribution in [-0.4, -0.2) is 26.9 Å². The summed E-state index contributed by atoms with van der Waals surface area (Å²) in [4.78, 5) is 4.31. The number of pyridine rings is 1. The van der Waals surface area contributed by atoms with Gasteiger partial charge >= 0.3 is 0 Å². The highest BCUT2D eigenvalue weighted by Gasteiger charge is 2.36. The Morgan fingerprint density at radius 2 is 1.87 bits per heavy atom. The van der Waals surface area contributed by atoms with E-state index in [4.69, 9.17) is 5.73 Å². The average Bonchev–Trinajstić information content (AvgIpc) is 3.34. The van der Waals surface area contributed by atoms with Gasteiger partial charge in [0, 0.05) is 12.0 Å². The molecule has 2 atom stereocenters. The zero-order valence-corrected chi connectivity index (χ0v) is 18.0. The molecule has 0 saturated heterocycles. The fourth-order valence-electron chi connectivity index (χ4n) is 5.06. The van der Waals surface area contributed by atoms with Crippen LogP contribution in [0.15, 0.2) is 60.7 Å². The fourth-order valence-corrected chi connectivity index (χ4v) is 5.06. The summed E-state index contributed by atoms with van der Waals surface area (Å²) in [6.07, 6.45) is 2.03. The standard InChI is InChI=1S/C25H28N6/c1-25(2)15-21(18-10-6-7-11-20(18)25)27-13-12-17(16-8-4-3-5-9-16)19-14-22(26)28-24-23(19)29-31-30-24/h3-11,14,17,21,27H,12-13,15H2,1-2H3,(H3,26,28,29,30,31)/t17?,21-/m1/s1. The van der Waals surface area contributed by atoms with Gasteiger partial charge in [-0.2, -0.15) is 10.3 Å². The smallest absolute Gasteiger partial charge is 0.203 e. The number of nitrogen functional groups attached to an aromatic ring is 1. The highest BCUT2D eigenvalue weighted by Crippen LogP contribution is 2.44. The molecule has 5 rings (SSSR count). The number of nitrogens with zero attached hydrogens (tertiary/aromatic N) is 3. The number of anilines is 1. The maximum Gasteiger partial charge on any atom is 0.203 e. The number of hydrogen-bond acceptors (Lipinski definition) is 5. The Labute approximate surface area is 182 Å². The first-order valence-corrected chi connectivity index (χ1v) is 10.9. The van der Waals surface area contributed by atoms with Gasteiger partial charge in [-0.1, -0.05) is 68.4 Å². The third kappa shape index (κ3) is 3.68. The lowest BCUT2D eigenvalue weighted by molar-refractivity contribution is 0.422. The summed E-state index contributed by atoms with van der Waals surface area (Å²) in [5.74, 6) is 0.619. The van der Waals surface area contributed by atoms with Crippen molar-refractivity contribution < 1.29 is 0 Å². The van der Waals surface area contributed by atoms with Crippen LogP contribution in [0.1, 0.15) is 60.9 Å². The quantitative estimate of drug-likeness (QED) is 0.434. The van der Waals surface area contributed by atoms with Crippen LogP contribution in [0.4, 0.5) is 5.82 Å². The molecule has 0 aliphatic heterocycles. The molecule has 0 saturated carbocycles. The van der Waals surface area contributed by atoms with E-state index >= 15 is 0 Å². The van der Waals surface area contributed by atoms with Gasteiger partial charge in [-0.3, -0.25) is 0 Å². The highest BCUT2D eigenvalue weighted by atomic mass is 15.3. The van der Waals surface area contributed by atoms with E-state index in [2.05, 4.69) is 88.1 Å². The maximum absolute atomic E-state index is 6.10. The molecule has 1 aliphatic rings. The summed E-state index contributed by atoms with van der Waals surface area (Å²) in [5.41, 5.74) is 12.8. The zero-order valence-electron chi connectivity index (χ0n) is 18.0. The van der Waals surface area contributed by atoms with Crippen LogP contribution in [0.25, 0.3) is 11.2 Å². The number of nitrogens with two attached hydrogens (primary N) is 1. The summed E-state index contributed by atoms with van der Waals surface area (Å²) in [5, 5.41) is 15.1. The molecule has 1 unspecified atom stereocenters. The molecular weight excluding hydrogens is 384 g/mol. The number of nitrogens with one attached hydrogen (secondary N) is 2. The zero-order chi connectivity index (χ0) is 21.4. The molecule has 2 aromatic carbocycles. The summed E-state index contributed by atoms with van der Waals surface area (Å²) >= 11 is 0. The van der Waals surface area contributed by atoms with Crippen LogP contribution in [0, 0.1) is 0 Å². The molecule has 6 nitrogen and oxygen atoms in total. The van der Waals surface area contributed by atoms with Crippen LogP contribution in [0.3, 0.4) is 0 Å². The Morgan fingerprint density at radius 1 is 1.10 bits per heavy atom. The lowest BCUT2D eigenvalue weighted by atomic mass is 9.86. The van der Waals surface area contributed by atoms with Crippen molar-refractivity contribution in [3.8, 4) is 0 Å². The Bertz CT molecular complexity index is 1200. The van der Waals surface area contributed by atoms with Crippen molar-refractivity contribution >= 4 is 17.0 Å². The molecule has 31 heavy (non-hydrogen) atoms. The predicted molar refractivity (Wildman–Crippen MR) is 124 cm³/mol. The van der Waals surface area contributed by atoms with Gasteiger partial charge in [-0.05, 0) is 53.1 Å². The highest BCUT2D eigenvalue weighted by molar-refractivity contribution is 5.77. The first kappa shape index (κ1) is 19.7. The Balaban J connectivity index is 1.41. The van der Waals surface area contributed by atoms with Crippen LogP contribution in [0.2, 0.25) is 0 Å². The first-order valence-electron chi connectivity index (χ1n) is 10.9. The van der Waals surface area contributed by atoms with Crippen molar-refractivity contribution in [1.29, 1.82) is 0 Å². The van der Waals surface area contributed by atoms with Gasteiger partial charge < -0.3 is 11.1 Å². The Morgan fingerprint density at radius 3 is 2.71 bits per heavy atom. The van der Waals surface area contributed by atoms with Crippen molar-refractivity contribution in [2.24, 2.45) is 0 Å². The predicted octanol–water partition coefficient (Wildman–Crippen LogP) is 4.47. The second kappa shape index (κ2) is 7.78. The third-order valence-electron chi connectivity index (χ3n) is 6.52.